The molecular weight excluding hydrogens is 209 g/mol. The van der Waals surface area contributed by atoms with Crippen LogP contribution in [0.25, 0.3) is 0 Å². The fraction of sp³-hybridized carbons (Fsp3) is 0.167. The lowest BCUT2D eigenvalue weighted by molar-refractivity contribution is -0.113. The third-order valence-electron chi connectivity index (χ3n) is 2.04. The highest BCUT2D eigenvalue weighted by Crippen LogP contribution is 2.11. The Morgan fingerprint density at radius 1 is 1.44 bits per heavy atom. The number of hydrogen-bond donors (Lipinski definition) is 1. The summed E-state index contributed by atoms with van der Waals surface area (Å²) in [4.78, 5) is 11.0. The molecule has 3 nitrogen and oxygen atoms in total. The molecule has 82 valence electrons. The summed E-state index contributed by atoms with van der Waals surface area (Å²) in [5.41, 5.74) is 0.372. The number of hydrogen-bond acceptors (Lipinski definition) is 3. The third kappa shape index (κ3) is 2.92. The Kier molecular flexibility index (Phi) is 3.78. The summed E-state index contributed by atoms with van der Waals surface area (Å²) in [6.07, 6.45) is 0.0444. The van der Waals surface area contributed by atoms with Crippen molar-refractivity contribution in [1.82, 2.24) is 0 Å². The van der Waals surface area contributed by atoms with Gasteiger partial charge in [-0.1, -0.05) is 12.1 Å². The first-order chi connectivity index (χ1) is 7.54. The van der Waals surface area contributed by atoms with Crippen LogP contribution in [-0.2, 0) is 11.2 Å². The second-order valence-corrected chi connectivity index (χ2v) is 3.29. The number of ketones is 1. The van der Waals surface area contributed by atoms with Crippen molar-refractivity contribution < 1.29 is 14.3 Å². The number of Topliss-reactive ketones (excluding diaryl/α,β-unsaturated/α-hetero) is 1. The van der Waals surface area contributed by atoms with E-state index in [1.165, 1.54) is 31.2 Å². The molecule has 0 spiro atoms. The van der Waals surface area contributed by atoms with E-state index in [9.17, 15) is 14.3 Å². The predicted octanol–water partition coefficient (Wildman–Crippen LogP) is 2.29. The molecule has 16 heavy (non-hydrogen) atoms. The van der Waals surface area contributed by atoms with Gasteiger partial charge in [0.1, 0.15) is 23.2 Å². The monoisotopic (exact) mass is 219 g/mol. The number of nitriles is 1. The minimum absolute atomic E-state index is 0.0444. The molecule has 4 heteroatoms. The maximum absolute atomic E-state index is 12.6. The molecule has 1 rings (SSSR count). The van der Waals surface area contributed by atoms with Crippen LogP contribution in [0.15, 0.2) is 35.6 Å². The number of allylic oxidation sites excluding steroid dienone is 2. The van der Waals surface area contributed by atoms with Gasteiger partial charge in [0.15, 0.2) is 5.78 Å². The van der Waals surface area contributed by atoms with Crippen LogP contribution in [0.3, 0.4) is 0 Å². The lowest BCUT2D eigenvalue weighted by Crippen LogP contribution is -2.02. The molecule has 0 aliphatic carbocycles. The minimum atomic E-state index is -0.484. The Bertz CT molecular complexity index is 469. The van der Waals surface area contributed by atoms with Crippen molar-refractivity contribution in [1.29, 1.82) is 5.26 Å². The minimum Gasteiger partial charge on any atom is -0.510 e. The number of benzene rings is 1. The number of halogens is 1. The van der Waals surface area contributed by atoms with Crippen LogP contribution in [0.4, 0.5) is 4.39 Å². The van der Waals surface area contributed by atoms with E-state index in [0.29, 0.717) is 5.56 Å². The Hall–Kier alpha value is -2.15. The molecule has 0 aromatic heterocycles. The van der Waals surface area contributed by atoms with Gasteiger partial charge >= 0.3 is 0 Å². The van der Waals surface area contributed by atoms with Crippen molar-refractivity contribution in [2.24, 2.45) is 0 Å². The van der Waals surface area contributed by atoms with Crippen LogP contribution in [0.5, 0.6) is 0 Å². The first-order valence-electron chi connectivity index (χ1n) is 4.62. The number of carbonyl (C=O) groups is 1. The predicted molar refractivity (Wildman–Crippen MR) is 56.1 cm³/mol. The van der Waals surface area contributed by atoms with Gasteiger partial charge in [-0.25, -0.2) is 4.39 Å². The van der Waals surface area contributed by atoms with Gasteiger partial charge in [-0.05, 0) is 24.6 Å². The molecule has 0 amide bonds. The van der Waals surface area contributed by atoms with Gasteiger partial charge in [0.2, 0.25) is 0 Å². The molecule has 0 aliphatic rings. The van der Waals surface area contributed by atoms with Crippen LogP contribution >= 0.6 is 0 Å². The highest BCUT2D eigenvalue weighted by Gasteiger charge is 2.10. The Balaban J connectivity index is 2.93. The first-order valence-corrected chi connectivity index (χ1v) is 4.62. The zero-order valence-electron chi connectivity index (χ0n) is 8.70. The van der Waals surface area contributed by atoms with E-state index in [1.54, 1.807) is 6.07 Å². The molecule has 0 bridgehead atoms. The summed E-state index contributed by atoms with van der Waals surface area (Å²) in [6.45, 7) is 1.21. The van der Waals surface area contributed by atoms with Gasteiger partial charge in [-0.3, -0.25) is 4.79 Å². The lowest BCUT2D eigenvalue weighted by atomic mass is 10.1. The number of carbonyl (C=O) groups excluding carboxylic acids is 1. The van der Waals surface area contributed by atoms with E-state index < -0.39 is 5.78 Å². The van der Waals surface area contributed by atoms with Crippen LogP contribution in [0.2, 0.25) is 0 Å². The molecule has 0 saturated carbocycles. The van der Waals surface area contributed by atoms with E-state index in [-0.39, 0.29) is 23.6 Å². The standard InChI is InChI=1S/C12H10FNO2/c1-8(15)11(7-14)12(16)6-9-2-4-10(13)5-3-9/h2-5,16H,6H2,1H3. The summed E-state index contributed by atoms with van der Waals surface area (Å²) in [5.74, 6) is -1.15. The summed E-state index contributed by atoms with van der Waals surface area (Å²) in [5, 5.41) is 18.2. The zero-order valence-corrected chi connectivity index (χ0v) is 8.70. The summed E-state index contributed by atoms with van der Waals surface area (Å²) in [6, 6.07) is 7.12. The summed E-state index contributed by atoms with van der Waals surface area (Å²) < 4.78 is 12.6. The first kappa shape index (κ1) is 11.9. The Morgan fingerprint density at radius 2 is 2.00 bits per heavy atom. The second-order valence-electron chi connectivity index (χ2n) is 3.29. The van der Waals surface area contributed by atoms with E-state index in [2.05, 4.69) is 0 Å². The van der Waals surface area contributed by atoms with Crippen LogP contribution in [0, 0.1) is 17.1 Å². The Morgan fingerprint density at radius 3 is 2.44 bits per heavy atom. The van der Waals surface area contributed by atoms with Gasteiger partial charge in [-0.2, -0.15) is 5.26 Å². The van der Waals surface area contributed by atoms with Crippen molar-refractivity contribution in [2.45, 2.75) is 13.3 Å². The van der Waals surface area contributed by atoms with Crippen LogP contribution < -0.4 is 0 Å². The molecule has 0 atom stereocenters. The van der Waals surface area contributed by atoms with Crippen molar-refractivity contribution in [3.8, 4) is 6.07 Å². The zero-order chi connectivity index (χ0) is 12.1. The lowest BCUT2D eigenvalue weighted by Gasteiger charge is -2.02. The topological polar surface area (TPSA) is 61.1 Å². The van der Waals surface area contributed by atoms with E-state index >= 15 is 0 Å². The smallest absolute Gasteiger partial charge is 0.173 e. The Labute approximate surface area is 92.4 Å². The highest BCUT2D eigenvalue weighted by atomic mass is 19.1. The fourth-order valence-electron chi connectivity index (χ4n) is 1.23. The quantitative estimate of drug-likeness (QED) is 0.482. The summed E-state index contributed by atoms with van der Waals surface area (Å²) in [7, 11) is 0. The molecule has 0 fully saturated rings. The van der Waals surface area contributed by atoms with E-state index in [1.807, 2.05) is 0 Å². The van der Waals surface area contributed by atoms with Crippen LogP contribution in [0.1, 0.15) is 12.5 Å². The fourth-order valence-corrected chi connectivity index (χ4v) is 1.23. The average molecular weight is 219 g/mol. The van der Waals surface area contributed by atoms with E-state index in [0.717, 1.165) is 0 Å². The molecule has 0 radical (unpaired) electrons. The maximum atomic E-state index is 12.6. The van der Waals surface area contributed by atoms with Crippen molar-refractivity contribution >= 4 is 5.78 Å². The largest absolute Gasteiger partial charge is 0.510 e. The number of nitrogens with zero attached hydrogens (tertiary/aromatic N) is 1. The molecule has 0 heterocycles. The molecule has 1 aromatic rings. The van der Waals surface area contributed by atoms with E-state index in [4.69, 9.17) is 5.26 Å². The van der Waals surface area contributed by atoms with Gasteiger partial charge in [0, 0.05) is 6.42 Å². The van der Waals surface area contributed by atoms with Crippen LogP contribution in [-0.4, -0.2) is 10.9 Å². The molecule has 1 aromatic carbocycles. The third-order valence-corrected chi connectivity index (χ3v) is 2.04. The number of aliphatic hydroxyl groups is 1. The SMILES string of the molecule is CC(=O)C(C#N)=C(O)Cc1ccc(F)cc1. The van der Waals surface area contributed by atoms with Crippen molar-refractivity contribution in [3.05, 3.63) is 47.0 Å². The second kappa shape index (κ2) is 5.08. The molecule has 0 aliphatic heterocycles. The normalized spacial score (nSPS) is 11.6. The summed E-state index contributed by atoms with van der Waals surface area (Å²) >= 11 is 0. The highest BCUT2D eigenvalue weighted by molar-refractivity contribution is 5.97. The molecular formula is C12H10FNO2. The maximum Gasteiger partial charge on any atom is 0.173 e. The van der Waals surface area contributed by atoms with Crippen molar-refractivity contribution in [2.75, 3.05) is 0 Å². The van der Waals surface area contributed by atoms with Gasteiger partial charge in [0.25, 0.3) is 0 Å². The molecule has 1 N–H and O–H groups in total. The number of aliphatic hydroxyl groups excluding tert-OH is 1. The average Bonchev–Trinajstić information content (AvgIpc) is 2.22. The van der Waals surface area contributed by atoms with Gasteiger partial charge in [0.05, 0.1) is 0 Å². The number of rotatable bonds is 3. The van der Waals surface area contributed by atoms with Crippen molar-refractivity contribution in [3.63, 3.8) is 0 Å². The molecule has 0 unspecified atom stereocenters. The van der Waals surface area contributed by atoms with Gasteiger partial charge < -0.3 is 5.11 Å². The van der Waals surface area contributed by atoms with Gasteiger partial charge in [-0.15, -0.1) is 0 Å². The molecule has 0 saturated heterocycles.